The van der Waals surface area contributed by atoms with Crippen LogP contribution in [0.15, 0.2) is 18.2 Å². The third-order valence-corrected chi connectivity index (χ3v) is 3.26. The second kappa shape index (κ2) is 5.47. The van der Waals surface area contributed by atoms with Crippen LogP contribution in [0.3, 0.4) is 0 Å². The first-order valence-corrected chi connectivity index (χ1v) is 6.02. The van der Waals surface area contributed by atoms with Gasteiger partial charge >= 0.3 is 0 Å². The Morgan fingerprint density at radius 3 is 3.00 bits per heavy atom. The van der Waals surface area contributed by atoms with Crippen molar-refractivity contribution in [3.63, 3.8) is 0 Å². The summed E-state index contributed by atoms with van der Waals surface area (Å²) in [5.41, 5.74) is 0.867. The Bertz CT molecular complexity index is 384. The molecule has 1 aliphatic heterocycles. The maximum absolute atomic E-state index is 13.1. The number of rotatable bonds is 4. The van der Waals surface area contributed by atoms with E-state index in [0.29, 0.717) is 12.5 Å². The van der Waals surface area contributed by atoms with Crippen LogP contribution in [-0.2, 0) is 6.54 Å². The second-order valence-electron chi connectivity index (χ2n) is 4.83. The number of hydrogen-bond donors (Lipinski definition) is 2. The summed E-state index contributed by atoms with van der Waals surface area (Å²) >= 11 is 0. The molecule has 0 saturated carbocycles. The Kier molecular flexibility index (Phi) is 3.97. The Labute approximate surface area is 101 Å². The number of aromatic hydroxyl groups is 1. The Hall–Kier alpha value is -1.13. The smallest absolute Gasteiger partial charge is 0.165 e. The topological polar surface area (TPSA) is 35.5 Å². The molecule has 0 spiro atoms. The summed E-state index contributed by atoms with van der Waals surface area (Å²) in [4.78, 5) is 2.33. The van der Waals surface area contributed by atoms with E-state index in [1.165, 1.54) is 25.1 Å². The largest absolute Gasteiger partial charge is 0.505 e. The molecule has 2 N–H and O–H groups in total. The van der Waals surface area contributed by atoms with Crippen LogP contribution < -0.4 is 5.32 Å². The Morgan fingerprint density at radius 1 is 1.53 bits per heavy atom. The van der Waals surface area contributed by atoms with Crippen molar-refractivity contribution in [1.82, 2.24) is 10.2 Å². The van der Waals surface area contributed by atoms with Crippen LogP contribution in [0.25, 0.3) is 0 Å². The van der Waals surface area contributed by atoms with Crippen LogP contribution in [0.2, 0.25) is 0 Å². The normalized spacial score (nSPS) is 20.9. The highest BCUT2D eigenvalue weighted by Crippen LogP contribution is 2.16. The van der Waals surface area contributed by atoms with E-state index in [9.17, 15) is 4.39 Å². The van der Waals surface area contributed by atoms with Crippen LogP contribution in [0.1, 0.15) is 12.0 Å². The van der Waals surface area contributed by atoms with Crippen molar-refractivity contribution in [3.8, 4) is 5.75 Å². The Balaban J connectivity index is 1.76. The molecule has 1 fully saturated rings. The lowest BCUT2D eigenvalue weighted by molar-refractivity contribution is 0.388. The van der Waals surface area contributed by atoms with E-state index in [4.69, 9.17) is 5.11 Å². The zero-order valence-corrected chi connectivity index (χ0v) is 10.1. The molecule has 1 saturated heterocycles. The molecule has 0 amide bonds. The number of nitrogens with one attached hydrogen (secondary N) is 1. The average molecular weight is 238 g/mol. The van der Waals surface area contributed by atoms with Gasteiger partial charge < -0.3 is 15.3 Å². The number of phenolic OH excluding ortho intramolecular Hbond substituents is 1. The lowest BCUT2D eigenvalue weighted by atomic mass is 10.1. The van der Waals surface area contributed by atoms with E-state index in [1.54, 1.807) is 6.07 Å². The lowest BCUT2D eigenvalue weighted by Crippen LogP contribution is -2.24. The summed E-state index contributed by atoms with van der Waals surface area (Å²) < 4.78 is 13.1. The molecule has 0 bridgehead atoms. The van der Waals surface area contributed by atoms with E-state index in [0.717, 1.165) is 18.7 Å². The van der Waals surface area contributed by atoms with Gasteiger partial charge in [-0.15, -0.1) is 0 Å². The number of halogens is 1. The molecule has 17 heavy (non-hydrogen) atoms. The molecule has 1 atom stereocenters. The minimum Gasteiger partial charge on any atom is -0.505 e. The molecule has 0 radical (unpaired) electrons. The third kappa shape index (κ3) is 3.41. The van der Waals surface area contributed by atoms with E-state index in [-0.39, 0.29) is 5.75 Å². The van der Waals surface area contributed by atoms with Gasteiger partial charge in [0, 0.05) is 13.1 Å². The van der Waals surface area contributed by atoms with E-state index in [2.05, 4.69) is 17.3 Å². The highest BCUT2D eigenvalue weighted by molar-refractivity contribution is 5.27. The molecule has 94 valence electrons. The SMILES string of the molecule is CN1CCC(CNCc2ccc(O)c(F)c2)C1. The van der Waals surface area contributed by atoms with Crippen molar-refractivity contribution < 1.29 is 9.50 Å². The predicted octanol–water partition coefficient (Wildman–Crippen LogP) is 1.57. The number of nitrogens with zero attached hydrogens (tertiary/aromatic N) is 1. The van der Waals surface area contributed by atoms with Crippen molar-refractivity contribution in [2.24, 2.45) is 5.92 Å². The molecule has 1 aromatic rings. The quantitative estimate of drug-likeness (QED) is 0.836. The van der Waals surface area contributed by atoms with Crippen LogP contribution in [0.4, 0.5) is 4.39 Å². The van der Waals surface area contributed by atoms with Gasteiger partial charge in [0.2, 0.25) is 0 Å². The fourth-order valence-electron chi connectivity index (χ4n) is 2.27. The predicted molar refractivity (Wildman–Crippen MR) is 65.4 cm³/mol. The number of hydrogen-bond acceptors (Lipinski definition) is 3. The maximum atomic E-state index is 13.1. The minimum absolute atomic E-state index is 0.286. The highest BCUT2D eigenvalue weighted by atomic mass is 19.1. The molecule has 1 aliphatic rings. The zero-order chi connectivity index (χ0) is 12.3. The van der Waals surface area contributed by atoms with Gasteiger partial charge in [0.1, 0.15) is 0 Å². The van der Waals surface area contributed by atoms with Crippen LogP contribution in [0.5, 0.6) is 5.75 Å². The van der Waals surface area contributed by atoms with Gasteiger partial charge in [0.15, 0.2) is 11.6 Å². The molecule has 4 heteroatoms. The van der Waals surface area contributed by atoms with Gasteiger partial charge in [-0.3, -0.25) is 0 Å². The summed E-state index contributed by atoms with van der Waals surface area (Å²) in [5, 5.41) is 12.4. The van der Waals surface area contributed by atoms with Crippen LogP contribution in [-0.4, -0.2) is 36.7 Å². The summed E-state index contributed by atoms with van der Waals surface area (Å²) in [7, 11) is 2.13. The first kappa shape index (κ1) is 12.3. The van der Waals surface area contributed by atoms with Crippen molar-refractivity contribution in [1.29, 1.82) is 0 Å². The third-order valence-electron chi connectivity index (χ3n) is 3.26. The highest BCUT2D eigenvalue weighted by Gasteiger charge is 2.18. The van der Waals surface area contributed by atoms with Gasteiger partial charge in [-0.25, -0.2) is 4.39 Å². The van der Waals surface area contributed by atoms with Gasteiger partial charge in [-0.05, 0) is 50.2 Å². The first-order chi connectivity index (χ1) is 8.15. The second-order valence-corrected chi connectivity index (χ2v) is 4.83. The van der Waals surface area contributed by atoms with Crippen molar-refractivity contribution in [2.45, 2.75) is 13.0 Å². The fraction of sp³-hybridized carbons (Fsp3) is 0.538. The Morgan fingerprint density at radius 2 is 2.35 bits per heavy atom. The molecule has 0 aliphatic carbocycles. The zero-order valence-electron chi connectivity index (χ0n) is 10.1. The molecule has 1 heterocycles. The minimum atomic E-state index is -0.551. The monoisotopic (exact) mass is 238 g/mol. The van der Waals surface area contributed by atoms with Crippen LogP contribution >= 0.6 is 0 Å². The number of phenols is 1. The van der Waals surface area contributed by atoms with E-state index in [1.807, 2.05) is 0 Å². The number of likely N-dealkylation sites (tertiary alicyclic amines) is 1. The van der Waals surface area contributed by atoms with Crippen molar-refractivity contribution in [3.05, 3.63) is 29.6 Å². The maximum Gasteiger partial charge on any atom is 0.165 e. The molecule has 3 nitrogen and oxygen atoms in total. The number of benzene rings is 1. The molecule has 0 aromatic heterocycles. The average Bonchev–Trinajstić information content (AvgIpc) is 2.70. The molecular formula is C13H19FN2O. The van der Waals surface area contributed by atoms with Gasteiger partial charge in [-0.1, -0.05) is 6.07 Å². The lowest BCUT2D eigenvalue weighted by Gasteiger charge is -2.11. The molecule has 1 unspecified atom stereocenters. The van der Waals surface area contributed by atoms with Crippen molar-refractivity contribution in [2.75, 3.05) is 26.7 Å². The summed E-state index contributed by atoms with van der Waals surface area (Å²) in [5.74, 6) is -0.141. The fourth-order valence-corrected chi connectivity index (χ4v) is 2.27. The molecular weight excluding hydrogens is 219 g/mol. The summed E-state index contributed by atoms with van der Waals surface area (Å²) in [6.45, 7) is 3.92. The first-order valence-electron chi connectivity index (χ1n) is 6.02. The summed E-state index contributed by atoms with van der Waals surface area (Å²) in [6, 6.07) is 4.52. The molecule has 1 aromatic carbocycles. The summed E-state index contributed by atoms with van der Waals surface area (Å²) in [6.07, 6.45) is 1.23. The van der Waals surface area contributed by atoms with E-state index >= 15 is 0 Å². The van der Waals surface area contributed by atoms with Crippen molar-refractivity contribution >= 4 is 0 Å². The van der Waals surface area contributed by atoms with Crippen LogP contribution in [0, 0.1) is 11.7 Å². The van der Waals surface area contributed by atoms with Gasteiger partial charge in [-0.2, -0.15) is 0 Å². The molecule has 2 rings (SSSR count). The van der Waals surface area contributed by atoms with E-state index < -0.39 is 5.82 Å². The standard InChI is InChI=1S/C13H19FN2O/c1-16-5-4-11(9-16)8-15-7-10-2-3-13(17)12(14)6-10/h2-3,6,11,15,17H,4-5,7-9H2,1H3. The van der Waals surface area contributed by atoms with Gasteiger partial charge in [0.05, 0.1) is 0 Å². The van der Waals surface area contributed by atoms with Gasteiger partial charge in [0.25, 0.3) is 0 Å².